The number of fused-ring (bicyclic) bond motifs is 1. The smallest absolute Gasteiger partial charge is 0.159 e. The molecule has 36 heavy (non-hydrogen) atoms. The maximum atomic E-state index is 11.6. The van der Waals surface area contributed by atoms with E-state index in [4.69, 9.17) is 5.73 Å². The summed E-state index contributed by atoms with van der Waals surface area (Å²) in [5.74, 6) is 0.962. The van der Waals surface area contributed by atoms with Crippen LogP contribution < -0.4 is 5.73 Å². The van der Waals surface area contributed by atoms with Gasteiger partial charge in [0.15, 0.2) is 5.78 Å². The number of carbonyl (C=O) groups excluding carboxylic acids is 1. The van der Waals surface area contributed by atoms with E-state index >= 15 is 0 Å². The summed E-state index contributed by atoms with van der Waals surface area (Å²) < 4.78 is 1.91. The number of Topliss-reactive ketones (excluding diaryl/α,β-unsaturated/α-hetero) is 1. The summed E-state index contributed by atoms with van der Waals surface area (Å²) in [6.45, 7) is 16.6. The summed E-state index contributed by atoms with van der Waals surface area (Å²) in [5.41, 5.74) is 9.62. The first-order valence-corrected chi connectivity index (χ1v) is 13.5. The molecule has 0 radical (unpaired) electrons. The van der Waals surface area contributed by atoms with Gasteiger partial charge in [0.2, 0.25) is 0 Å². The zero-order chi connectivity index (χ0) is 27.1. The molecule has 3 N–H and O–H groups in total. The third kappa shape index (κ3) is 9.40. The fraction of sp³-hybridized carbons (Fsp3) is 0.533. The van der Waals surface area contributed by atoms with Crippen LogP contribution in [0, 0.1) is 0 Å². The lowest BCUT2D eigenvalue weighted by Crippen LogP contribution is -2.30. The summed E-state index contributed by atoms with van der Waals surface area (Å²) in [4.78, 5) is 18.6. The monoisotopic (exact) mass is 496 g/mol. The highest BCUT2D eigenvalue weighted by molar-refractivity contribution is 5.97. The average Bonchev–Trinajstić information content (AvgIpc) is 3.16. The standard InChI is InChI=1S/C19H20N2O2.C8H20N2.C3H8/c1-4-5-13-6-8-15(18(23)10-13)19-20-16-9-7-14(12(2)22)11-17(16)21(19)3;1-3-6-10(7-4-2)8-5-9;1-3-2/h6-11,23H,4-5H2,1-3H3;3-9H2,1-2H3;3H2,1-2H3. The molecule has 1 heterocycles. The molecule has 0 fully saturated rings. The molecule has 0 unspecified atom stereocenters. The van der Waals surface area contributed by atoms with Crippen LogP contribution in [-0.4, -0.2) is 51.5 Å². The lowest BCUT2D eigenvalue weighted by molar-refractivity contribution is 0.101. The van der Waals surface area contributed by atoms with Crippen molar-refractivity contribution < 1.29 is 9.90 Å². The fourth-order valence-electron chi connectivity index (χ4n) is 4.01. The molecule has 0 saturated heterocycles. The lowest BCUT2D eigenvalue weighted by atomic mass is 10.1. The molecule has 6 nitrogen and oxygen atoms in total. The van der Waals surface area contributed by atoms with Crippen molar-refractivity contribution in [3.8, 4) is 17.1 Å². The van der Waals surface area contributed by atoms with Crippen LogP contribution in [0.15, 0.2) is 36.4 Å². The van der Waals surface area contributed by atoms with Gasteiger partial charge in [-0.2, -0.15) is 0 Å². The number of benzene rings is 2. The van der Waals surface area contributed by atoms with Gasteiger partial charge in [-0.1, -0.05) is 53.5 Å². The number of rotatable bonds is 10. The molecule has 0 aliphatic heterocycles. The average molecular weight is 497 g/mol. The highest BCUT2D eigenvalue weighted by Crippen LogP contribution is 2.32. The number of aromatic hydroxyl groups is 1. The number of aromatic nitrogens is 2. The third-order valence-electron chi connectivity index (χ3n) is 5.65. The van der Waals surface area contributed by atoms with Gasteiger partial charge >= 0.3 is 0 Å². The third-order valence-corrected chi connectivity index (χ3v) is 5.65. The molecule has 0 aliphatic carbocycles. The number of aryl methyl sites for hydroxylation is 2. The SMILES string of the molecule is CCC.CCCN(CCC)CCN.CCCc1ccc(-c2nc3ccc(C(C)=O)cc3n2C)c(O)c1. The van der Waals surface area contributed by atoms with Crippen molar-refractivity contribution in [1.29, 1.82) is 0 Å². The maximum absolute atomic E-state index is 11.6. The second kappa shape index (κ2) is 16.9. The van der Waals surface area contributed by atoms with E-state index in [0.29, 0.717) is 17.0 Å². The zero-order valence-corrected chi connectivity index (χ0v) is 23.6. The first-order chi connectivity index (χ1) is 17.3. The van der Waals surface area contributed by atoms with Gasteiger partial charge in [-0.25, -0.2) is 4.98 Å². The van der Waals surface area contributed by atoms with E-state index in [1.807, 2.05) is 35.9 Å². The number of hydrogen-bond acceptors (Lipinski definition) is 5. The number of imidazole rings is 1. The van der Waals surface area contributed by atoms with Crippen LogP contribution >= 0.6 is 0 Å². The van der Waals surface area contributed by atoms with Crippen LogP contribution in [0.1, 0.15) is 83.1 Å². The largest absolute Gasteiger partial charge is 0.507 e. The second-order valence-corrected chi connectivity index (χ2v) is 9.19. The first-order valence-electron chi connectivity index (χ1n) is 13.5. The van der Waals surface area contributed by atoms with E-state index in [9.17, 15) is 9.90 Å². The zero-order valence-electron chi connectivity index (χ0n) is 23.6. The number of hydrogen-bond donors (Lipinski definition) is 2. The van der Waals surface area contributed by atoms with Crippen molar-refractivity contribution in [2.24, 2.45) is 12.8 Å². The van der Waals surface area contributed by atoms with Gasteiger partial charge in [0.05, 0.1) is 16.6 Å². The van der Waals surface area contributed by atoms with Crippen LogP contribution in [0.5, 0.6) is 5.75 Å². The van der Waals surface area contributed by atoms with Crippen molar-refractivity contribution in [3.05, 3.63) is 47.5 Å². The summed E-state index contributed by atoms with van der Waals surface area (Å²) in [5, 5.41) is 10.4. The molecule has 0 atom stereocenters. The molecular weight excluding hydrogens is 448 g/mol. The molecule has 6 heteroatoms. The summed E-state index contributed by atoms with van der Waals surface area (Å²) >= 11 is 0. The van der Waals surface area contributed by atoms with Crippen LogP contribution in [0.25, 0.3) is 22.4 Å². The molecule has 3 aromatic rings. The number of phenols is 1. The van der Waals surface area contributed by atoms with Crippen LogP contribution in [0.4, 0.5) is 0 Å². The van der Waals surface area contributed by atoms with Crippen LogP contribution in [0.2, 0.25) is 0 Å². The Morgan fingerprint density at radius 3 is 2.11 bits per heavy atom. The minimum atomic E-state index is 0.0291. The molecule has 0 amide bonds. The topological polar surface area (TPSA) is 84.4 Å². The Bertz CT molecular complexity index is 1040. The fourth-order valence-corrected chi connectivity index (χ4v) is 4.01. The maximum Gasteiger partial charge on any atom is 0.159 e. The molecule has 200 valence electrons. The lowest BCUT2D eigenvalue weighted by Gasteiger charge is -2.19. The molecule has 2 aromatic carbocycles. The molecule has 0 spiro atoms. The molecular formula is C30H48N4O2. The van der Waals surface area contributed by atoms with Gasteiger partial charge in [0, 0.05) is 25.7 Å². The Labute approximate surface area is 218 Å². The minimum absolute atomic E-state index is 0.0291. The van der Waals surface area contributed by atoms with Gasteiger partial charge in [-0.3, -0.25) is 4.79 Å². The number of nitrogens with zero attached hydrogens (tertiary/aromatic N) is 3. The molecule has 0 aliphatic rings. The Hall–Kier alpha value is -2.70. The van der Waals surface area contributed by atoms with E-state index in [2.05, 4.69) is 44.5 Å². The Balaban J connectivity index is 0.000000419. The number of ketones is 1. The van der Waals surface area contributed by atoms with Gasteiger partial charge in [0.25, 0.3) is 0 Å². The van der Waals surface area contributed by atoms with Crippen molar-refractivity contribution in [2.45, 2.75) is 73.6 Å². The van der Waals surface area contributed by atoms with E-state index in [-0.39, 0.29) is 11.5 Å². The first kappa shape index (κ1) is 31.3. The number of nitrogens with two attached hydrogens (primary N) is 1. The molecule has 0 bridgehead atoms. The molecule has 1 aromatic heterocycles. The Morgan fingerprint density at radius 2 is 1.61 bits per heavy atom. The molecule has 3 rings (SSSR count). The van der Waals surface area contributed by atoms with E-state index in [1.165, 1.54) is 32.4 Å². The highest BCUT2D eigenvalue weighted by atomic mass is 16.3. The van der Waals surface area contributed by atoms with E-state index < -0.39 is 0 Å². The number of carbonyl (C=O) groups is 1. The normalized spacial score (nSPS) is 10.6. The minimum Gasteiger partial charge on any atom is -0.507 e. The summed E-state index contributed by atoms with van der Waals surface area (Å²) in [6, 6.07) is 11.2. The predicted molar refractivity (Wildman–Crippen MR) is 154 cm³/mol. The van der Waals surface area contributed by atoms with Gasteiger partial charge < -0.3 is 20.3 Å². The predicted octanol–water partition coefficient (Wildman–Crippen LogP) is 6.58. The van der Waals surface area contributed by atoms with Crippen LogP contribution in [-0.2, 0) is 13.5 Å². The van der Waals surface area contributed by atoms with Crippen LogP contribution in [0.3, 0.4) is 0 Å². The quantitative estimate of drug-likeness (QED) is 0.310. The van der Waals surface area contributed by atoms with Gasteiger partial charge in [0.1, 0.15) is 11.6 Å². The van der Waals surface area contributed by atoms with Crippen molar-refractivity contribution >= 4 is 16.8 Å². The van der Waals surface area contributed by atoms with Crippen molar-refractivity contribution in [1.82, 2.24) is 14.5 Å². The summed E-state index contributed by atoms with van der Waals surface area (Å²) in [6.07, 6.45) is 5.71. The van der Waals surface area contributed by atoms with Gasteiger partial charge in [-0.15, -0.1) is 0 Å². The highest BCUT2D eigenvalue weighted by Gasteiger charge is 2.14. The Morgan fingerprint density at radius 1 is 0.972 bits per heavy atom. The second-order valence-electron chi connectivity index (χ2n) is 9.19. The summed E-state index contributed by atoms with van der Waals surface area (Å²) in [7, 11) is 1.90. The van der Waals surface area contributed by atoms with E-state index in [0.717, 1.165) is 42.5 Å². The number of phenolic OH excluding ortho intramolecular Hbond substituents is 1. The van der Waals surface area contributed by atoms with Crippen molar-refractivity contribution in [2.75, 3.05) is 26.2 Å². The van der Waals surface area contributed by atoms with Gasteiger partial charge in [-0.05, 0) is 75.2 Å². The van der Waals surface area contributed by atoms with E-state index in [1.54, 1.807) is 19.1 Å². The Kier molecular flexibility index (Phi) is 14.7. The molecule has 0 saturated carbocycles. The van der Waals surface area contributed by atoms with Crippen molar-refractivity contribution in [3.63, 3.8) is 0 Å².